The van der Waals surface area contributed by atoms with E-state index in [1.807, 2.05) is 35.2 Å². The van der Waals surface area contributed by atoms with Gasteiger partial charge >= 0.3 is 0 Å². The van der Waals surface area contributed by atoms with Gasteiger partial charge in [0.15, 0.2) is 0 Å². The van der Waals surface area contributed by atoms with E-state index in [9.17, 15) is 9.59 Å². The molecule has 5 nitrogen and oxygen atoms in total. The molecule has 2 amide bonds. The van der Waals surface area contributed by atoms with E-state index in [1.54, 1.807) is 0 Å². The minimum absolute atomic E-state index is 0.0536. The normalized spacial score (nSPS) is 22.4. The number of rotatable bonds is 6. The Morgan fingerprint density at radius 2 is 1.92 bits per heavy atom. The molecule has 2 heterocycles. The van der Waals surface area contributed by atoms with E-state index in [1.165, 1.54) is 6.42 Å². The number of benzene rings is 1. The average Bonchev–Trinajstić information content (AvgIpc) is 2.99. The quantitative estimate of drug-likeness (QED) is 0.860. The highest BCUT2D eigenvalue weighted by molar-refractivity contribution is 5.89. The molecular weight excluding hydrogens is 314 g/mol. The molecular formula is C20H29N3O2. The predicted octanol–water partition coefficient (Wildman–Crippen LogP) is 2.03. The molecule has 2 aliphatic heterocycles. The van der Waals surface area contributed by atoms with E-state index in [-0.39, 0.29) is 23.8 Å². The van der Waals surface area contributed by atoms with Crippen molar-refractivity contribution in [1.29, 1.82) is 0 Å². The van der Waals surface area contributed by atoms with Gasteiger partial charge in [0.25, 0.3) is 0 Å². The zero-order chi connectivity index (χ0) is 17.6. The molecule has 0 saturated carbocycles. The van der Waals surface area contributed by atoms with Crippen LogP contribution in [0.4, 0.5) is 0 Å². The van der Waals surface area contributed by atoms with E-state index in [0.717, 1.165) is 38.0 Å². The van der Waals surface area contributed by atoms with Gasteiger partial charge in [0.1, 0.15) is 0 Å². The SMILES string of the molecule is CCCN1CCC(NC(=O)C2CC(=O)N(Cc3ccccc3)C2)CC1. The maximum Gasteiger partial charge on any atom is 0.225 e. The Morgan fingerprint density at radius 1 is 1.20 bits per heavy atom. The van der Waals surface area contributed by atoms with E-state index < -0.39 is 0 Å². The number of carbonyl (C=O) groups is 2. The van der Waals surface area contributed by atoms with Crippen LogP contribution in [0.15, 0.2) is 30.3 Å². The van der Waals surface area contributed by atoms with Crippen molar-refractivity contribution in [1.82, 2.24) is 15.1 Å². The Bertz CT molecular complexity index is 582. The first-order valence-corrected chi connectivity index (χ1v) is 9.50. The number of hydrogen-bond donors (Lipinski definition) is 1. The molecule has 1 aromatic carbocycles. The lowest BCUT2D eigenvalue weighted by atomic mass is 10.0. The van der Waals surface area contributed by atoms with Crippen molar-refractivity contribution in [3.8, 4) is 0 Å². The topological polar surface area (TPSA) is 52.7 Å². The highest BCUT2D eigenvalue weighted by atomic mass is 16.2. The van der Waals surface area contributed by atoms with Gasteiger partial charge in [-0.3, -0.25) is 9.59 Å². The maximum atomic E-state index is 12.6. The second kappa shape index (κ2) is 8.48. The van der Waals surface area contributed by atoms with Crippen LogP contribution in [0.3, 0.4) is 0 Å². The lowest BCUT2D eigenvalue weighted by molar-refractivity contribution is -0.129. The number of nitrogens with zero attached hydrogens (tertiary/aromatic N) is 2. The van der Waals surface area contributed by atoms with Crippen LogP contribution in [-0.4, -0.2) is 53.8 Å². The summed E-state index contributed by atoms with van der Waals surface area (Å²) in [6.07, 6.45) is 3.55. The van der Waals surface area contributed by atoms with Crippen molar-refractivity contribution in [2.24, 2.45) is 5.92 Å². The number of piperidine rings is 1. The lowest BCUT2D eigenvalue weighted by Crippen LogP contribution is -2.46. The Hall–Kier alpha value is -1.88. The summed E-state index contributed by atoms with van der Waals surface area (Å²) in [6.45, 7) is 6.59. The van der Waals surface area contributed by atoms with Gasteiger partial charge in [-0.1, -0.05) is 37.3 Å². The minimum Gasteiger partial charge on any atom is -0.353 e. The molecule has 2 aliphatic rings. The van der Waals surface area contributed by atoms with Gasteiger partial charge in [-0.15, -0.1) is 0 Å². The first-order chi connectivity index (χ1) is 12.2. The molecule has 2 saturated heterocycles. The highest BCUT2D eigenvalue weighted by Gasteiger charge is 2.35. The van der Waals surface area contributed by atoms with Crippen molar-refractivity contribution in [3.63, 3.8) is 0 Å². The van der Waals surface area contributed by atoms with Gasteiger partial charge in [0, 0.05) is 38.6 Å². The summed E-state index contributed by atoms with van der Waals surface area (Å²) in [6, 6.07) is 10.2. The molecule has 1 unspecified atom stereocenters. The predicted molar refractivity (Wildman–Crippen MR) is 97.9 cm³/mol. The second-order valence-electron chi connectivity index (χ2n) is 7.29. The Labute approximate surface area is 150 Å². The van der Waals surface area contributed by atoms with Crippen molar-refractivity contribution < 1.29 is 9.59 Å². The van der Waals surface area contributed by atoms with E-state index >= 15 is 0 Å². The molecule has 136 valence electrons. The molecule has 1 N–H and O–H groups in total. The summed E-state index contributed by atoms with van der Waals surface area (Å²) in [5.74, 6) is -0.0653. The van der Waals surface area contributed by atoms with Crippen LogP contribution in [0.5, 0.6) is 0 Å². The molecule has 1 aromatic rings. The molecule has 0 aliphatic carbocycles. The summed E-state index contributed by atoms with van der Waals surface area (Å²) in [5, 5.41) is 3.18. The third-order valence-corrected chi connectivity index (χ3v) is 5.28. The van der Waals surface area contributed by atoms with Crippen molar-refractivity contribution in [3.05, 3.63) is 35.9 Å². The largest absolute Gasteiger partial charge is 0.353 e. The van der Waals surface area contributed by atoms with E-state index in [2.05, 4.69) is 17.1 Å². The van der Waals surface area contributed by atoms with Gasteiger partial charge in [0.2, 0.25) is 11.8 Å². The van der Waals surface area contributed by atoms with Gasteiger partial charge < -0.3 is 15.1 Å². The van der Waals surface area contributed by atoms with E-state index in [0.29, 0.717) is 19.5 Å². The number of nitrogens with one attached hydrogen (secondary N) is 1. The van der Waals surface area contributed by atoms with Crippen LogP contribution in [0.2, 0.25) is 0 Å². The summed E-state index contributed by atoms with van der Waals surface area (Å²) >= 11 is 0. The van der Waals surface area contributed by atoms with Crippen molar-refractivity contribution in [2.75, 3.05) is 26.2 Å². The van der Waals surface area contributed by atoms with Crippen LogP contribution in [0.25, 0.3) is 0 Å². The molecule has 0 spiro atoms. The zero-order valence-electron chi connectivity index (χ0n) is 15.1. The van der Waals surface area contributed by atoms with Crippen LogP contribution in [-0.2, 0) is 16.1 Å². The monoisotopic (exact) mass is 343 g/mol. The molecule has 1 atom stereocenters. The van der Waals surface area contributed by atoms with Crippen LogP contribution < -0.4 is 5.32 Å². The van der Waals surface area contributed by atoms with Gasteiger partial charge in [-0.25, -0.2) is 0 Å². The Balaban J connectivity index is 1.46. The number of amides is 2. The highest BCUT2D eigenvalue weighted by Crippen LogP contribution is 2.21. The number of likely N-dealkylation sites (tertiary alicyclic amines) is 2. The third kappa shape index (κ3) is 4.82. The molecule has 0 aromatic heterocycles. The van der Waals surface area contributed by atoms with Crippen LogP contribution in [0, 0.1) is 5.92 Å². The Kier molecular flexibility index (Phi) is 6.08. The van der Waals surface area contributed by atoms with Gasteiger partial charge in [-0.05, 0) is 31.4 Å². The summed E-state index contributed by atoms with van der Waals surface area (Å²) in [5.41, 5.74) is 1.11. The summed E-state index contributed by atoms with van der Waals surface area (Å²) in [7, 11) is 0. The average molecular weight is 343 g/mol. The molecule has 2 fully saturated rings. The first-order valence-electron chi connectivity index (χ1n) is 9.50. The molecule has 5 heteroatoms. The van der Waals surface area contributed by atoms with Crippen molar-refractivity contribution in [2.45, 2.75) is 45.2 Å². The Morgan fingerprint density at radius 3 is 2.60 bits per heavy atom. The number of carbonyl (C=O) groups excluding carboxylic acids is 2. The second-order valence-corrected chi connectivity index (χ2v) is 7.29. The van der Waals surface area contributed by atoms with Crippen LogP contribution in [0.1, 0.15) is 38.2 Å². The standard InChI is InChI=1S/C20H29N3O2/c1-2-10-22-11-8-18(9-12-22)21-20(25)17-13-19(24)23(15-17)14-16-6-4-3-5-7-16/h3-7,17-18H,2,8-15H2,1H3,(H,21,25). The molecule has 0 radical (unpaired) electrons. The first kappa shape index (κ1) is 17.9. The summed E-state index contributed by atoms with van der Waals surface area (Å²) < 4.78 is 0. The maximum absolute atomic E-state index is 12.6. The minimum atomic E-state index is -0.204. The molecule has 3 rings (SSSR count). The smallest absolute Gasteiger partial charge is 0.225 e. The van der Waals surface area contributed by atoms with Crippen molar-refractivity contribution >= 4 is 11.8 Å². The summed E-state index contributed by atoms with van der Waals surface area (Å²) in [4.78, 5) is 29.1. The molecule has 0 bridgehead atoms. The van der Waals surface area contributed by atoms with Crippen LogP contribution >= 0.6 is 0 Å². The third-order valence-electron chi connectivity index (χ3n) is 5.28. The fraction of sp³-hybridized carbons (Fsp3) is 0.600. The zero-order valence-corrected chi connectivity index (χ0v) is 15.1. The van der Waals surface area contributed by atoms with Gasteiger partial charge in [-0.2, -0.15) is 0 Å². The fourth-order valence-electron chi connectivity index (χ4n) is 3.84. The molecule has 25 heavy (non-hydrogen) atoms. The lowest BCUT2D eigenvalue weighted by Gasteiger charge is -2.32. The fourth-order valence-corrected chi connectivity index (χ4v) is 3.84. The number of hydrogen-bond acceptors (Lipinski definition) is 3. The van der Waals surface area contributed by atoms with Gasteiger partial charge in [0.05, 0.1) is 5.92 Å². The van der Waals surface area contributed by atoms with E-state index in [4.69, 9.17) is 0 Å².